The minimum Gasteiger partial charge on any atom is -0.376 e. The van der Waals surface area contributed by atoms with Crippen molar-refractivity contribution >= 4 is 0 Å². The minimum atomic E-state index is -0.304. The molecule has 1 unspecified atom stereocenters. The third-order valence-corrected chi connectivity index (χ3v) is 3.98. The zero-order valence-corrected chi connectivity index (χ0v) is 10.5. The molecule has 0 bridgehead atoms. The number of hydrogen-bond donors (Lipinski definition) is 1. The Morgan fingerprint density at radius 1 is 1.35 bits per heavy atom. The van der Waals surface area contributed by atoms with Crippen LogP contribution >= 0.6 is 0 Å². The Balaban J connectivity index is 2.29. The average molecular weight is 237 g/mol. The second-order valence-corrected chi connectivity index (χ2v) is 4.96. The van der Waals surface area contributed by atoms with Gasteiger partial charge in [0.15, 0.2) is 0 Å². The van der Waals surface area contributed by atoms with E-state index in [0.29, 0.717) is 5.56 Å². The van der Waals surface area contributed by atoms with Crippen LogP contribution in [0.5, 0.6) is 0 Å². The highest BCUT2D eigenvalue weighted by molar-refractivity contribution is 5.28. The summed E-state index contributed by atoms with van der Waals surface area (Å²) in [5, 5.41) is 0. The molecule has 1 aromatic carbocycles. The zero-order chi connectivity index (χ0) is 12.5. The lowest BCUT2D eigenvalue weighted by molar-refractivity contribution is -0.0264. The van der Waals surface area contributed by atoms with Gasteiger partial charge in [-0.1, -0.05) is 25.0 Å². The summed E-state index contributed by atoms with van der Waals surface area (Å²) in [5.74, 6) is -0.192. The Bertz CT molecular complexity index is 399. The molecule has 0 spiro atoms. The van der Waals surface area contributed by atoms with Gasteiger partial charge in [0.25, 0.3) is 0 Å². The van der Waals surface area contributed by atoms with Gasteiger partial charge in [0.2, 0.25) is 0 Å². The summed E-state index contributed by atoms with van der Waals surface area (Å²) in [7, 11) is 1.70. The Hall–Kier alpha value is -0.930. The highest BCUT2D eigenvalue weighted by Crippen LogP contribution is 2.41. The van der Waals surface area contributed by atoms with Crippen LogP contribution in [0.1, 0.15) is 42.9 Å². The van der Waals surface area contributed by atoms with Crippen LogP contribution in [0, 0.1) is 12.7 Å². The van der Waals surface area contributed by atoms with Crippen LogP contribution in [-0.2, 0) is 4.74 Å². The third-order valence-electron chi connectivity index (χ3n) is 3.98. The topological polar surface area (TPSA) is 35.2 Å². The summed E-state index contributed by atoms with van der Waals surface area (Å²) < 4.78 is 19.2. The number of benzene rings is 1. The monoisotopic (exact) mass is 237 g/mol. The third kappa shape index (κ3) is 2.22. The molecule has 0 amide bonds. The van der Waals surface area contributed by atoms with E-state index in [1.807, 2.05) is 6.07 Å². The highest BCUT2D eigenvalue weighted by atomic mass is 19.1. The largest absolute Gasteiger partial charge is 0.376 e. The number of rotatable bonds is 3. The van der Waals surface area contributed by atoms with E-state index < -0.39 is 0 Å². The van der Waals surface area contributed by atoms with E-state index in [1.165, 1.54) is 0 Å². The van der Waals surface area contributed by atoms with Crippen molar-refractivity contribution in [2.24, 2.45) is 5.73 Å². The first-order valence-electron chi connectivity index (χ1n) is 6.16. The van der Waals surface area contributed by atoms with Crippen molar-refractivity contribution in [1.82, 2.24) is 0 Å². The van der Waals surface area contributed by atoms with Crippen molar-refractivity contribution in [2.45, 2.75) is 44.2 Å². The van der Waals surface area contributed by atoms with Crippen LogP contribution in [0.2, 0.25) is 0 Å². The van der Waals surface area contributed by atoms with Crippen molar-refractivity contribution in [1.29, 1.82) is 0 Å². The Labute approximate surface area is 102 Å². The van der Waals surface area contributed by atoms with Gasteiger partial charge in [0, 0.05) is 7.11 Å². The molecule has 17 heavy (non-hydrogen) atoms. The number of ether oxygens (including phenoxy) is 1. The molecule has 0 aliphatic heterocycles. The molecule has 2 nitrogen and oxygen atoms in total. The average Bonchev–Trinajstić information content (AvgIpc) is 2.81. The van der Waals surface area contributed by atoms with Crippen molar-refractivity contribution in [3.05, 3.63) is 35.1 Å². The summed E-state index contributed by atoms with van der Waals surface area (Å²) in [5.41, 5.74) is 7.45. The molecule has 2 N–H and O–H groups in total. The SMILES string of the molecule is COC1(C(N)c2ccc(C)c(F)c2)CCCC1. The van der Waals surface area contributed by atoms with Crippen LogP contribution in [0.3, 0.4) is 0 Å². The fraction of sp³-hybridized carbons (Fsp3) is 0.571. The van der Waals surface area contributed by atoms with Crippen LogP contribution in [0.15, 0.2) is 18.2 Å². The van der Waals surface area contributed by atoms with Crippen LogP contribution in [-0.4, -0.2) is 12.7 Å². The number of methoxy groups -OCH3 is 1. The normalized spacial score (nSPS) is 20.5. The Morgan fingerprint density at radius 3 is 2.53 bits per heavy atom. The molecule has 1 fully saturated rings. The summed E-state index contributed by atoms with van der Waals surface area (Å²) in [6.45, 7) is 1.76. The number of hydrogen-bond acceptors (Lipinski definition) is 2. The molecule has 1 saturated carbocycles. The first-order valence-corrected chi connectivity index (χ1v) is 6.16. The molecular weight excluding hydrogens is 217 g/mol. The van der Waals surface area contributed by atoms with Gasteiger partial charge in [-0.3, -0.25) is 0 Å². The summed E-state index contributed by atoms with van der Waals surface area (Å²) in [4.78, 5) is 0. The molecule has 0 aromatic heterocycles. The quantitative estimate of drug-likeness (QED) is 0.876. The van der Waals surface area contributed by atoms with E-state index in [9.17, 15) is 4.39 Å². The lowest BCUT2D eigenvalue weighted by Gasteiger charge is -2.34. The van der Waals surface area contributed by atoms with E-state index in [0.717, 1.165) is 31.2 Å². The standard InChI is InChI=1S/C14H20FNO/c1-10-5-6-11(9-12(10)15)13(16)14(17-2)7-3-4-8-14/h5-6,9,13H,3-4,7-8,16H2,1-2H3. The molecule has 3 heteroatoms. The number of aryl methyl sites for hydroxylation is 1. The van der Waals surface area contributed by atoms with Gasteiger partial charge in [-0.05, 0) is 37.0 Å². The fourth-order valence-electron chi connectivity index (χ4n) is 2.72. The van der Waals surface area contributed by atoms with Crippen molar-refractivity contribution < 1.29 is 9.13 Å². The summed E-state index contributed by atoms with van der Waals surface area (Å²) in [6, 6.07) is 4.98. The minimum absolute atomic E-state index is 0.192. The number of nitrogens with two attached hydrogens (primary N) is 1. The highest BCUT2D eigenvalue weighted by Gasteiger charge is 2.40. The van der Waals surface area contributed by atoms with Crippen molar-refractivity contribution in [2.75, 3.05) is 7.11 Å². The predicted molar refractivity (Wildman–Crippen MR) is 66.3 cm³/mol. The van der Waals surface area contributed by atoms with Gasteiger partial charge in [0.1, 0.15) is 5.82 Å². The molecule has 94 valence electrons. The van der Waals surface area contributed by atoms with E-state index in [-0.39, 0.29) is 17.5 Å². The van der Waals surface area contributed by atoms with Gasteiger partial charge in [-0.15, -0.1) is 0 Å². The maximum absolute atomic E-state index is 13.6. The van der Waals surface area contributed by atoms with Gasteiger partial charge >= 0.3 is 0 Å². The number of halogens is 1. The van der Waals surface area contributed by atoms with E-state index in [1.54, 1.807) is 26.2 Å². The molecule has 1 aromatic rings. The molecule has 1 aliphatic carbocycles. The second kappa shape index (κ2) is 4.75. The van der Waals surface area contributed by atoms with E-state index in [2.05, 4.69) is 0 Å². The van der Waals surface area contributed by atoms with Gasteiger partial charge < -0.3 is 10.5 Å². The maximum Gasteiger partial charge on any atom is 0.126 e. The van der Waals surface area contributed by atoms with Crippen LogP contribution in [0.25, 0.3) is 0 Å². The summed E-state index contributed by atoms with van der Waals surface area (Å²) in [6.07, 6.45) is 4.19. The molecular formula is C14H20FNO. The zero-order valence-electron chi connectivity index (χ0n) is 10.5. The predicted octanol–water partition coefficient (Wildman–Crippen LogP) is 3.09. The molecule has 2 rings (SSSR count). The van der Waals surface area contributed by atoms with E-state index in [4.69, 9.17) is 10.5 Å². The molecule has 1 aliphatic rings. The van der Waals surface area contributed by atoms with Crippen molar-refractivity contribution in [3.8, 4) is 0 Å². The first-order chi connectivity index (χ1) is 8.09. The maximum atomic E-state index is 13.6. The second-order valence-electron chi connectivity index (χ2n) is 4.96. The van der Waals surface area contributed by atoms with Gasteiger partial charge in [-0.25, -0.2) is 4.39 Å². The lowest BCUT2D eigenvalue weighted by atomic mass is 9.87. The smallest absolute Gasteiger partial charge is 0.126 e. The lowest BCUT2D eigenvalue weighted by Crippen LogP contribution is -2.40. The molecule has 0 saturated heterocycles. The summed E-state index contributed by atoms with van der Waals surface area (Å²) >= 11 is 0. The fourth-order valence-corrected chi connectivity index (χ4v) is 2.72. The molecule has 1 atom stereocenters. The van der Waals surface area contributed by atoms with Crippen LogP contribution < -0.4 is 5.73 Å². The van der Waals surface area contributed by atoms with Crippen molar-refractivity contribution in [3.63, 3.8) is 0 Å². The van der Waals surface area contributed by atoms with E-state index >= 15 is 0 Å². The molecule has 0 heterocycles. The molecule has 0 radical (unpaired) electrons. The first kappa shape index (κ1) is 12.5. The van der Waals surface area contributed by atoms with Gasteiger partial charge in [0.05, 0.1) is 11.6 Å². The Morgan fingerprint density at radius 2 is 2.00 bits per heavy atom. The van der Waals surface area contributed by atoms with Crippen LogP contribution in [0.4, 0.5) is 4.39 Å². The van der Waals surface area contributed by atoms with Gasteiger partial charge in [-0.2, -0.15) is 0 Å². The Kier molecular flexibility index (Phi) is 3.50.